The largest absolute Gasteiger partial charge is 0.329 e. The summed E-state index contributed by atoms with van der Waals surface area (Å²) in [6.45, 7) is 0. The van der Waals surface area contributed by atoms with Crippen LogP contribution >= 0.6 is 27.5 Å². The van der Waals surface area contributed by atoms with Crippen LogP contribution in [-0.2, 0) is 13.5 Å². The molecule has 0 amide bonds. The predicted octanol–water partition coefficient (Wildman–Crippen LogP) is 3.57. The second-order valence-electron chi connectivity index (χ2n) is 3.58. The van der Waals surface area contributed by atoms with Crippen LogP contribution in [0.2, 0.25) is 5.02 Å². The predicted molar refractivity (Wildman–Crippen MR) is 70.7 cm³/mol. The van der Waals surface area contributed by atoms with Gasteiger partial charge in [-0.15, -0.1) is 0 Å². The molecule has 86 valence electrons. The molecule has 0 aliphatic carbocycles. The van der Waals surface area contributed by atoms with E-state index in [0.717, 1.165) is 17.1 Å². The number of nitriles is 1. The minimum atomic E-state index is 0.324. The van der Waals surface area contributed by atoms with Gasteiger partial charge < -0.3 is 4.57 Å². The normalized spacial score (nSPS) is 10.2. The molecule has 17 heavy (non-hydrogen) atoms. The number of hydrogen-bond acceptors (Lipinski definition) is 2. The highest BCUT2D eigenvalue weighted by Crippen LogP contribution is 2.26. The highest BCUT2D eigenvalue weighted by molar-refractivity contribution is 9.10. The van der Waals surface area contributed by atoms with Crippen LogP contribution in [0.3, 0.4) is 0 Å². The second kappa shape index (κ2) is 4.91. The third-order valence-electron chi connectivity index (χ3n) is 2.49. The van der Waals surface area contributed by atoms with Gasteiger partial charge in [0.2, 0.25) is 0 Å². The molecular weight excluding hydrogens is 302 g/mol. The summed E-state index contributed by atoms with van der Waals surface area (Å²) in [5.74, 6) is 0.796. The molecule has 0 aliphatic heterocycles. The zero-order valence-corrected chi connectivity index (χ0v) is 11.5. The third kappa shape index (κ3) is 2.36. The van der Waals surface area contributed by atoms with E-state index in [1.165, 1.54) is 0 Å². The smallest absolute Gasteiger partial charge is 0.141 e. The molecule has 0 saturated carbocycles. The maximum absolute atomic E-state index is 8.76. The molecule has 0 aliphatic rings. The fourth-order valence-electron chi connectivity index (χ4n) is 1.65. The quantitative estimate of drug-likeness (QED) is 0.851. The fourth-order valence-corrected chi connectivity index (χ4v) is 2.42. The maximum Gasteiger partial charge on any atom is 0.141 e. The number of hydrogen-bond donors (Lipinski definition) is 0. The van der Waals surface area contributed by atoms with E-state index in [4.69, 9.17) is 16.9 Å². The van der Waals surface area contributed by atoms with Crippen molar-refractivity contribution in [3.63, 3.8) is 0 Å². The Bertz CT molecular complexity index is 598. The SMILES string of the molecule is Cn1c(-c2cccc(Cl)c2)nc(Br)c1CC#N. The van der Waals surface area contributed by atoms with Gasteiger partial charge >= 0.3 is 0 Å². The molecule has 5 heteroatoms. The molecule has 2 aromatic rings. The zero-order valence-electron chi connectivity index (χ0n) is 9.11. The van der Waals surface area contributed by atoms with Gasteiger partial charge in [-0.1, -0.05) is 23.7 Å². The van der Waals surface area contributed by atoms with Gasteiger partial charge in [-0.05, 0) is 28.1 Å². The standard InChI is InChI=1S/C12H9BrClN3/c1-17-10(5-6-15)11(13)16-12(17)8-3-2-4-9(14)7-8/h2-4,7H,5H2,1H3. The average molecular weight is 311 g/mol. The lowest BCUT2D eigenvalue weighted by Gasteiger charge is -2.04. The highest BCUT2D eigenvalue weighted by Gasteiger charge is 2.13. The Morgan fingerprint density at radius 3 is 2.94 bits per heavy atom. The van der Waals surface area contributed by atoms with Crippen molar-refractivity contribution in [1.29, 1.82) is 5.26 Å². The van der Waals surface area contributed by atoms with Crippen LogP contribution < -0.4 is 0 Å². The molecule has 0 bridgehead atoms. The van der Waals surface area contributed by atoms with Gasteiger partial charge in [-0.3, -0.25) is 0 Å². The zero-order chi connectivity index (χ0) is 12.4. The summed E-state index contributed by atoms with van der Waals surface area (Å²) in [7, 11) is 1.89. The van der Waals surface area contributed by atoms with Gasteiger partial charge in [-0.25, -0.2) is 4.98 Å². The van der Waals surface area contributed by atoms with Crippen LogP contribution in [0.4, 0.5) is 0 Å². The molecule has 1 aromatic carbocycles. The van der Waals surface area contributed by atoms with Crippen molar-refractivity contribution in [3.05, 3.63) is 39.6 Å². The van der Waals surface area contributed by atoms with Crippen molar-refractivity contribution in [1.82, 2.24) is 9.55 Å². The molecule has 0 fully saturated rings. The molecule has 3 nitrogen and oxygen atoms in total. The summed E-state index contributed by atoms with van der Waals surface area (Å²) in [6, 6.07) is 9.62. The molecule has 0 radical (unpaired) electrons. The van der Waals surface area contributed by atoms with Gasteiger partial charge in [0.25, 0.3) is 0 Å². The summed E-state index contributed by atoms with van der Waals surface area (Å²) in [6.07, 6.45) is 0.324. The van der Waals surface area contributed by atoms with Crippen LogP contribution in [0.5, 0.6) is 0 Å². The monoisotopic (exact) mass is 309 g/mol. The Kier molecular flexibility index (Phi) is 3.51. The molecule has 0 spiro atoms. The molecule has 0 saturated heterocycles. The molecule has 0 atom stereocenters. The topological polar surface area (TPSA) is 41.6 Å². The van der Waals surface area contributed by atoms with E-state index in [9.17, 15) is 0 Å². The van der Waals surface area contributed by atoms with E-state index in [2.05, 4.69) is 27.0 Å². The Morgan fingerprint density at radius 1 is 1.53 bits per heavy atom. The molecule has 0 unspecified atom stereocenters. The number of aromatic nitrogens is 2. The Labute approximate surface area is 113 Å². The Morgan fingerprint density at radius 2 is 2.29 bits per heavy atom. The fraction of sp³-hybridized carbons (Fsp3) is 0.167. The van der Waals surface area contributed by atoms with Crippen LogP contribution in [0.25, 0.3) is 11.4 Å². The van der Waals surface area contributed by atoms with E-state index >= 15 is 0 Å². The molecule has 1 heterocycles. The van der Waals surface area contributed by atoms with E-state index in [1.54, 1.807) is 0 Å². The van der Waals surface area contributed by atoms with Gasteiger partial charge in [0.15, 0.2) is 0 Å². The van der Waals surface area contributed by atoms with E-state index in [0.29, 0.717) is 16.0 Å². The third-order valence-corrected chi connectivity index (χ3v) is 3.36. The minimum absolute atomic E-state index is 0.324. The summed E-state index contributed by atoms with van der Waals surface area (Å²) in [5, 5.41) is 9.43. The number of halogens is 2. The number of benzene rings is 1. The van der Waals surface area contributed by atoms with Crippen molar-refractivity contribution in [3.8, 4) is 17.5 Å². The lowest BCUT2D eigenvalue weighted by Crippen LogP contribution is -1.98. The van der Waals surface area contributed by atoms with Crippen LogP contribution in [0, 0.1) is 11.3 Å². The summed E-state index contributed by atoms with van der Waals surface area (Å²) in [5.41, 5.74) is 1.80. The maximum atomic E-state index is 8.76. The van der Waals surface area contributed by atoms with Crippen molar-refractivity contribution < 1.29 is 0 Å². The van der Waals surface area contributed by atoms with E-state index in [-0.39, 0.29) is 0 Å². The molecular formula is C12H9BrClN3. The summed E-state index contributed by atoms with van der Waals surface area (Å²) >= 11 is 9.32. The van der Waals surface area contributed by atoms with Gasteiger partial charge in [0.05, 0.1) is 18.2 Å². The van der Waals surface area contributed by atoms with Gasteiger partial charge in [0, 0.05) is 17.6 Å². The lowest BCUT2D eigenvalue weighted by molar-refractivity contribution is 0.861. The highest BCUT2D eigenvalue weighted by atomic mass is 79.9. The number of rotatable bonds is 2. The Hall–Kier alpha value is -1.31. The van der Waals surface area contributed by atoms with Gasteiger partial charge in [-0.2, -0.15) is 5.26 Å². The summed E-state index contributed by atoms with van der Waals surface area (Å²) in [4.78, 5) is 4.41. The van der Waals surface area contributed by atoms with Crippen molar-refractivity contribution in [2.75, 3.05) is 0 Å². The minimum Gasteiger partial charge on any atom is -0.329 e. The van der Waals surface area contributed by atoms with Gasteiger partial charge in [0.1, 0.15) is 10.4 Å². The molecule has 0 N–H and O–H groups in total. The lowest BCUT2D eigenvalue weighted by atomic mass is 10.2. The number of nitrogens with zero attached hydrogens (tertiary/aromatic N) is 3. The summed E-state index contributed by atoms with van der Waals surface area (Å²) < 4.78 is 2.61. The van der Waals surface area contributed by atoms with Crippen LogP contribution in [-0.4, -0.2) is 9.55 Å². The first kappa shape index (κ1) is 12.2. The average Bonchev–Trinajstić information content (AvgIpc) is 2.57. The molecule has 1 aromatic heterocycles. The van der Waals surface area contributed by atoms with Crippen molar-refractivity contribution in [2.45, 2.75) is 6.42 Å². The first-order valence-corrected chi connectivity index (χ1v) is 6.14. The van der Waals surface area contributed by atoms with Crippen LogP contribution in [0.1, 0.15) is 5.69 Å². The number of imidazole rings is 1. The molecule has 2 rings (SSSR count). The van der Waals surface area contributed by atoms with E-state index < -0.39 is 0 Å². The van der Waals surface area contributed by atoms with Crippen molar-refractivity contribution in [2.24, 2.45) is 7.05 Å². The first-order chi connectivity index (χ1) is 8.13. The second-order valence-corrected chi connectivity index (χ2v) is 4.76. The van der Waals surface area contributed by atoms with Crippen LogP contribution in [0.15, 0.2) is 28.9 Å². The first-order valence-electron chi connectivity index (χ1n) is 4.97. The van der Waals surface area contributed by atoms with Crippen molar-refractivity contribution >= 4 is 27.5 Å². The Balaban J connectivity index is 2.54. The van der Waals surface area contributed by atoms with E-state index in [1.807, 2.05) is 35.9 Å².